The first kappa shape index (κ1) is 11.4. The molecular formula is C6H7ClF2N2O2S. The SMILES string of the molecule is Cc1c(S(=O)(=O)Cl)cnn1CC(F)F. The molecule has 0 aliphatic carbocycles. The molecule has 0 aliphatic rings. The van der Waals surface area contributed by atoms with E-state index in [1.165, 1.54) is 6.92 Å². The average molecular weight is 245 g/mol. The molecule has 0 aromatic carbocycles. The number of hydrogen-bond acceptors (Lipinski definition) is 3. The van der Waals surface area contributed by atoms with E-state index in [9.17, 15) is 17.2 Å². The van der Waals surface area contributed by atoms with Crippen molar-refractivity contribution in [3.8, 4) is 0 Å². The van der Waals surface area contributed by atoms with E-state index in [1.54, 1.807) is 0 Å². The first-order valence-electron chi connectivity index (χ1n) is 3.57. The fraction of sp³-hybridized carbons (Fsp3) is 0.500. The minimum Gasteiger partial charge on any atom is -0.263 e. The molecule has 0 atom stereocenters. The van der Waals surface area contributed by atoms with Crippen molar-refractivity contribution < 1.29 is 17.2 Å². The van der Waals surface area contributed by atoms with Crippen molar-refractivity contribution in [2.45, 2.75) is 24.8 Å². The van der Waals surface area contributed by atoms with Gasteiger partial charge in [-0.15, -0.1) is 0 Å². The van der Waals surface area contributed by atoms with Crippen LogP contribution >= 0.6 is 10.7 Å². The van der Waals surface area contributed by atoms with Gasteiger partial charge < -0.3 is 0 Å². The monoisotopic (exact) mass is 244 g/mol. The second-order valence-corrected chi connectivity index (χ2v) is 5.14. The lowest BCUT2D eigenvalue weighted by molar-refractivity contribution is 0.121. The Kier molecular flexibility index (Phi) is 3.10. The maximum Gasteiger partial charge on any atom is 0.264 e. The number of alkyl halides is 2. The maximum atomic E-state index is 12.0. The third-order valence-corrected chi connectivity index (χ3v) is 3.06. The smallest absolute Gasteiger partial charge is 0.263 e. The standard InChI is InChI=1S/C6H7ClF2N2O2S/c1-4-5(14(7,12)13)2-10-11(4)3-6(8)9/h2,6H,3H2,1H3. The van der Waals surface area contributed by atoms with E-state index < -0.39 is 22.0 Å². The van der Waals surface area contributed by atoms with Gasteiger partial charge >= 0.3 is 0 Å². The topological polar surface area (TPSA) is 52.0 Å². The van der Waals surface area contributed by atoms with E-state index in [0.717, 1.165) is 10.9 Å². The van der Waals surface area contributed by atoms with E-state index in [4.69, 9.17) is 10.7 Å². The van der Waals surface area contributed by atoms with Gasteiger partial charge in [-0.25, -0.2) is 17.2 Å². The lowest BCUT2D eigenvalue weighted by atomic mass is 10.5. The van der Waals surface area contributed by atoms with Crippen LogP contribution in [0.4, 0.5) is 8.78 Å². The minimum absolute atomic E-state index is 0.111. The van der Waals surface area contributed by atoms with Crippen molar-refractivity contribution in [3.05, 3.63) is 11.9 Å². The van der Waals surface area contributed by atoms with Crippen LogP contribution in [0.15, 0.2) is 11.1 Å². The lowest BCUT2D eigenvalue weighted by Gasteiger charge is -2.02. The van der Waals surface area contributed by atoms with Crippen molar-refractivity contribution in [1.29, 1.82) is 0 Å². The second kappa shape index (κ2) is 3.82. The molecular weight excluding hydrogens is 238 g/mol. The van der Waals surface area contributed by atoms with Gasteiger partial charge in [0.25, 0.3) is 15.5 Å². The summed E-state index contributed by atoms with van der Waals surface area (Å²) in [6, 6.07) is 0. The summed E-state index contributed by atoms with van der Waals surface area (Å²) < 4.78 is 46.6. The van der Waals surface area contributed by atoms with Gasteiger partial charge in [0.1, 0.15) is 11.4 Å². The molecule has 0 saturated carbocycles. The Hall–Kier alpha value is -0.690. The molecule has 4 nitrogen and oxygen atoms in total. The fourth-order valence-electron chi connectivity index (χ4n) is 0.984. The first-order chi connectivity index (χ1) is 6.32. The van der Waals surface area contributed by atoms with Crippen molar-refractivity contribution in [2.24, 2.45) is 0 Å². The largest absolute Gasteiger partial charge is 0.264 e. The fourth-order valence-corrected chi connectivity index (χ4v) is 2.07. The zero-order valence-corrected chi connectivity index (χ0v) is 8.69. The summed E-state index contributed by atoms with van der Waals surface area (Å²) in [7, 11) is 1.14. The van der Waals surface area contributed by atoms with E-state index in [1.807, 2.05) is 0 Å². The van der Waals surface area contributed by atoms with Crippen LogP contribution in [0.2, 0.25) is 0 Å². The number of rotatable bonds is 3. The summed E-state index contributed by atoms with van der Waals surface area (Å²) in [4.78, 5) is -0.236. The first-order valence-corrected chi connectivity index (χ1v) is 5.88. The highest BCUT2D eigenvalue weighted by atomic mass is 35.7. The Balaban J connectivity index is 3.09. The Morgan fingerprint density at radius 1 is 1.64 bits per heavy atom. The maximum absolute atomic E-state index is 12.0. The van der Waals surface area contributed by atoms with Gasteiger partial charge in [-0.1, -0.05) is 0 Å². The summed E-state index contributed by atoms with van der Waals surface area (Å²) in [6.45, 7) is 0.725. The summed E-state index contributed by atoms with van der Waals surface area (Å²) in [6.07, 6.45) is -1.63. The molecule has 0 spiro atoms. The van der Waals surface area contributed by atoms with Crippen molar-refractivity contribution in [3.63, 3.8) is 0 Å². The van der Waals surface area contributed by atoms with E-state index in [2.05, 4.69) is 5.10 Å². The quantitative estimate of drug-likeness (QED) is 0.755. The summed E-state index contributed by atoms with van der Waals surface area (Å²) in [5, 5.41) is 3.50. The van der Waals surface area contributed by atoms with Crippen molar-refractivity contribution in [2.75, 3.05) is 0 Å². The second-order valence-electron chi connectivity index (χ2n) is 2.61. The average Bonchev–Trinajstić information content (AvgIpc) is 2.30. The molecule has 14 heavy (non-hydrogen) atoms. The number of hydrogen-bond donors (Lipinski definition) is 0. The van der Waals surface area contributed by atoms with Crippen LogP contribution in [0.1, 0.15) is 5.69 Å². The molecule has 8 heteroatoms. The Morgan fingerprint density at radius 3 is 2.57 bits per heavy atom. The molecule has 0 bridgehead atoms. The molecule has 0 unspecified atom stereocenters. The third kappa shape index (κ3) is 2.42. The molecule has 0 fully saturated rings. The molecule has 0 saturated heterocycles. The normalized spacial score (nSPS) is 12.4. The predicted molar refractivity (Wildman–Crippen MR) is 46.0 cm³/mol. The van der Waals surface area contributed by atoms with Crippen LogP contribution in [-0.2, 0) is 15.6 Å². The minimum atomic E-state index is -3.90. The Morgan fingerprint density at radius 2 is 2.21 bits per heavy atom. The molecule has 80 valence electrons. The van der Waals surface area contributed by atoms with Crippen LogP contribution < -0.4 is 0 Å². The Labute approximate surface area is 83.9 Å². The van der Waals surface area contributed by atoms with Crippen LogP contribution in [0, 0.1) is 6.92 Å². The molecule has 0 radical (unpaired) electrons. The van der Waals surface area contributed by atoms with Crippen LogP contribution in [-0.4, -0.2) is 24.6 Å². The van der Waals surface area contributed by atoms with Gasteiger partial charge in [0.2, 0.25) is 0 Å². The highest BCUT2D eigenvalue weighted by molar-refractivity contribution is 8.13. The van der Waals surface area contributed by atoms with Gasteiger partial charge in [-0.2, -0.15) is 5.10 Å². The summed E-state index contributed by atoms with van der Waals surface area (Å²) in [5.74, 6) is 0. The highest BCUT2D eigenvalue weighted by Crippen LogP contribution is 2.19. The zero-order chi connectivity index (χ0) is 10.9. The van der Waals surface area contributed by atoms with Gasteiger partial charge in [-0.05, 0) is 6.92 Å². The predicted octanol–water partition coefficient (Wildman–Crippen LogP) is 1.38. The van der Waals surface area contributed by atoms with Gasteiger partial charge in [-0.3, -0.25) is 4.68 Å². The molecule has 1 rings (SSSR count). The van der Waals surface area contributed by atoms with Crippen LogP contribution in [0.25, 0.3) is 0 Å². The molecule has 1 heterocycles. The van der Waals surface area contributed by atoms with Gasteiger partial charge in [0, 0.05) is 10.7 Å². The molecule has 0 aliphatic heterocycles. The molecule has 1 aromatic rings. The van der Waals surface area contributed by atoms with Gasteiger partial charge in [0.05, 0.1) is 11.9 Å². The molecule has 0 amide bonds. The summed E-state index contributed by atoms with van der Waals surface area (Å²) >= 11 is 0. The number of halogens is 3. The highest BCUT2D eigenvalue weighted by Gasteiger charge is 2.19. The van der Waals surface area contributed by atoms with Crippen LogP contribution in [0.3, 0.4) is 0 Å². The van der Waals surface area contributed by atoms with E-state index in [-0.39, 0.29) is 10.6 Å². The van der Waals surface area contributed by atoms with Crippen molar-refractivity contribution in [1.82, 2.24) is 9.78 Å². The van der Waals surface area contributed by atoms with Crippen LogP contribution in [0.5, 0.6) is 0 Å². The molecule has 1 aromatic heterocycles. The van der Waals surface area contributed by atoms with Crippen molar-refractivity contribution >= 4 is 19.7 Å². The summed E-state index contributed by atoms with van der Waals surface area (Å²) in [5.41, 5.74) is 0.111. The number of nitrogens with zero attached hydrogens (tertiary/aromatic N) is 2. The van der Waals surface area contributed by atoms with Gasteiger partial charge in [0.15, 0.2) is 0 Å². The van der Waals surface area contributed by atoms with E-state index >= 15 is 0 Å². The molecule has 0 N–H and O–H groups in total. The number of aromatic nitrogens is 2. The van der Waals surface area contributed by atoms with E-state index in [0.29, 0.717) is 0 Å². The third-order valence-electron chi connectivity index (χ3n) is 1.63. The zero-order valence-electron chi connectivity index (χ0n) is 7.11. The lowest BCUT2D eigenvalue weighted by Crippen LogP contribution is -2.10. The Bertz CT molecular complexity index is 429.